The molecule has 0 fully saturated rings. The van der Waals surface area contributed by atoms with Gasteiger partial charge < -0.3 is 10.2 Å². The van der Waals surface area contributed by atoms with Gasteiger partial charge in [-0.25, -0.2) is 16.8 Å². The van der Waals surface area contributed by atoms with Gasteiger partial charge in [0.1, 0.15) is 0 Å². The Kier molecular flexibility index (Phi) is 6.23. The van der Waals surface area contributed by atoms with E-state index < -0.39 is 43.4 Å². The Bertz CT molecular complexity index is 864. The van der Waals surface area contributed by atoms with Crippen LogP contribution in [0.5, 0.6) is 0 Å². The van der Waals surface area contributed by atoms with Crippen molar-refractivity contribution < 1.29 is 27.0 Å². The number of benzene rings is 2. The van der Waals surface area contributed by atoms with Gasteiger partial charge >= 0.3 is 0 Å². The average molecular weight is 399 g/mol. The zero-order valence-electron chi connectivity index (χ0n) is 14.5. The van der Waals surface area contributed by atoms with Gasteiger partial charge in [-0.15, -0.1) is 0 Å². The molecule has 0 aliphatic carbocycles. The van der Waals surface area contributed by atoms with Crippen molar-refractivity contribution in [3.05, 3.63) is 59.7 Å². The minimum atomic E-state index is -3.85. The first-order valence-corrected chi connectivity index (χ1v) is 11.3. The van der Waals surface area contributed by atoms with E-state index >= 15 is 0 Å². The zero-order chi connectivity index (χ0) is 19.5. The number of rotatable bonds is 7. The number of aryl methyl sites for hydroxylation is 2. The minimum absolute atomic E-state index is 0.00995. The number of hydrogen-bond acceptors (Lipinski definition) is 6. The standard InChI is InChI=1S/C18H22O6S2/c1-13-3-7-15(8-4-13)25(21,22)11-17(19)18(20)12-26(23,24)16-9-5-14(2)6-10-16/h3-10,17-20H,11-12H2,1-2H3. The van der Waals surface area contributed by atoms with E-state index in [4.69, 9.17) is 0 Å². The fourth-order valence-electron chi connectivity index (χ4n) is 2.36. The van der Waals surface area contributed by atoms with E-state index in [1.807, 2.05) is 13.8 Å². The third kappa shape index (κ3) is 5.14. The van der Waals surface area contributed by atoms with Crippen molar-refractivity contribution in [1.29, 1.82) is 0 Å². The van der Waals surface area contributed by atoms with Crippen LogP contribution >= 0.6 is 0 Å². The topological polar surface area (TPSA) is 109 Å². The molecule has 0 bridgehead atoms. The fourth-order valence-corrected chi connectivity index (χ4v) is 5.19. The van der Waals surface area contributed by atoms with Crippen LogP contribution in [0, 0.1) is 13.8 Å². The summed E-state index contributed by atoms with van der Waals surface area (Å²) in [5, 5.41) is 20.1. The molecule has 26 heavy (non-hydrogen) atoms. The lowest BCUT2D eigenvalue weighted by Crippen LogP contribution is -2.38. The van der Waals surface area contributed by atoms with E-state index in [-0.39, 0.29) is 9.79 Å². The van der Waals surface area contributed by atoms with E-state index in [9.17, 15) is 27.0 Å². The number of aliphatic hydroxyl groups is 2. The van der Waals surface area contributed by atoms with Crippen molar-refractivity contribution in [3.8, 4) is 0 Å². The van der Waals surface area contributed by atoms with Crippen molar-refractivity contribution in [2.24, 2.45) is 0 Å². The van der Waals surface area contributed by atoms with E-state index in [1.165, 1.54) is 24.3 Å². The third-order valence-corrected chi connectivity index (χ3v) is 7.53. The Morgan fingerprint density at radius 3 is 1.19 bits per heavy atom. The molecule has 0 aliphatic rings. The van der Waals surface area contributed by atoms with E-state index in [0.717, 1.165) is 11.1 Å². The quantitative estimate of drug-likeness (QED) is 0.727. The number of aliphatic hydroxyl groups excluding tert-OH is 2. The Balaban J connectivity index is 2.10. The molecule has 2 aromatic rings. The van der Waals surface area contributed by atoms with Crippen LogP contribution in [-0.4, -0.2) is 50.8 Å². The summed E-state index contributed by atoms with van der Waals surface area (Å²) in [5.74, 6) is -1.53. The van der Waals surface area contributed by atoms with Crippen molar-refractivity contribution in [2.45, 2.75) is 35.8 Å². The van der Waals surface area contributed by atoms with E-state index in [0.29, 0.717) is 0 Å². The fraction of sp³-hybridized carbons (Fsp3) is 0.333. The van der Waals surface area contributed by atoms with E-state index in [1.54, 1.807) is 24.3 Å². The van der Waals surface area contributed by atoms with Gasteiger partial charge in [0.15, 0.2) is 19.7 Å². The molecule has 0 amide bonds. The largest absolute Gasteiger partial charge is 0.389 e. The summed E-state index contributed by atoms with van der Waals surface area (Å²) >= 11 is 0. The highest BCUT2D eigenvalue weighted by atomic mass is 32.2. The Labute approximate surface area is 154 Å². The van der Waals surface area contributed by atoms with Crippen molar-refractivity contribution in [2.75, 3.05) is 11.5 Å². The summed E-state index contributed by atoms with van der Waals surface area (Å²) in [6, 6.07) is 12.1. The normalized spacial score (nSPS) is 14.8. The van der Waals surface area contributed by atoms with Gasteiger partial charge in [0.05, 0.1) is 33.5 Å². The molecule has 2 N–H and O–H groups in total. The molecule has 0 aromatic heterocycles. The maximum Gasteiger partial charge on any atom is 0.181 e. The second-order valence-corrected chi connectivity index (χ2v) is 10.4. The van der Waals surface area contributed by atoms with Crippen LogP contribution < -0.4 is 0 Å². The Morgan fingerprint density at radius 2 is 0.923 bits per heavy atom. The molecule has 2 aromatic carbocycles. The lowest BCUT2D eigenvalue weighted by Gasteiger charge is -2.18. The summed E-state index contributed by atoms with van der Waals surface area (Å²) in [5.41, 5.74) is 1.77. The van der Waals surface area contributed by atoms with Crippen molar-refractivity contribution in [1.82, 2.24) is 0 Å². The van der Waals surface area contributed by atoms with Crippen LogP contribution in [-0.2, 0) is 19.7 Å². The lowest BCUT2D eigenvalue weighted by molar-refractivity contribution is 0.0477. The first kappa shape index (κ1) is 20.6. The molecule has 2 unspecified atom stereocenters. The molecule has 0 spiro atoms. The molecule has 2 atom stereocenters. The molecule has 0 heterocycles. The summed E-state index contributed by atoms with van der Waals surface area (Å²) in [4.78, 5) is 0.0199. The SMILES string of the molecule is Cc1ccc(S(=O)(=O)CC(O)C(O)CS(=O)(=O)c2ccc(C)cc2)cc1. The average Bonchev–Trinajstić information content (AvgIpc) is 2.54. The molecule has 2 rings (SSSR count). The number of hydrogen-bond donors (Lipinski definition) is 2. The van der Waals surface area contributed by atoms with Crippen LogP contribution in [0.2, 0.25) is 0 Å². The smallest absolute Gasteiger partial charge is 0.181 e. The van der Waals surface area contributed by atoms with Gasteiger partial charge in [-0.1, -0.05) is 35.4 Å². The highest BCUT2D eigenvalue weighted by molar-refractivity contribution is 7.91. The minimum Gasteiger partial charge on any atom is -0.389 e. The highest BCUT2D eigenvalue weighted by Crippen LogP contribution is 2.17. The van der Waals surface area contributed by atoms with Gasteiger partial charge in [0, 0.05) is 0 Å². The van der Waals surface area contributed by atoms with Crippen LogP contribution in [0.4, 0.5) is 0 Å². The van der Waals surface area contributed by atoms with Gasteiger partial charge in [-0.2, -0.15) is 0 Å². The van der Waals surface area contributed by atoms with Crippen molar-refractivity contribution >= 4 is 19.7 Å². The predicted molar refractivity (Wildman–Crippen MR) is 98.5 cm³/mol. The maximum atomic E-state index is 12.3. The lowest BCUT2D eigenvalue weighted by atomic mass is 10.2. The summed E-state index contributed by atoms with van der Waals surface area (Å²) in [6.07, 6.45) is -3.44. The first-order chi connectivity index (χ1) is 12.0. The zero-order valence-corrected chi connectivity index (χ0v) is 16.2. The second kappa shape index (κ2) is 7.87. The molecule has 0 saturated heterocycles. The molecular weight excluding hydrogens is 376 g/mol. The van der Waals surface area contributed by atoms with Gasteiger partial charge in [0.25, 0.3) is 0 Å². The molecular formula is C18H22O6S2. The molecule has 8 heteroatoms. The summed E-state index contributed by atoms with van der Waals surface area (Å²) in [7, 11) is -7.70. The summed E-state index contributed by atoms with van der Waals surface area (Å²) in [6.45, 7) is 3.62. The van der Waals surface area contributed by atoms with Crippen LogP contribution in [0.25, 0.3) is 0 Å². The van der Waals surface area contributed by atoms with Gasteiger partial charge in [-0.05, 0) is 38.1 Å². The Hall–Kier alpha value is -1.74. The highest BCUT2D eigenvalue weighted by Gasteiger charge is 2.29. The van der Waals surface area contributed by atoms with Crippen molar-refractivity contribution in [3.63, 3.8) is 0 Å². The molecule has 0 aliphatic heterocycles. The monoisotopic (exact) mass is 398 g/mol. The predicted octanol–water partition coefficient (Wildman–Crippen LogP) is 1.27. The van der Waals surface area contributed by atoms with E-state index in [2.05, 4.69) is 0 Å². The Morgan fingerprint density at radius 1 is 0.654 bits per heavy atom. The first-order valence-electron chi connectivity index (χ1n) is 7.96. The summed E-state index contributed by atoms with van der Waals surface area (Å²) < 4.78 is 49.2. The number of sulfone groups is 2. The molecule has 0 radical (unpaired) electrons. The molecule has 6 nitrogen and oxygen atoms in total. The van der Waals surface area contributed by atoms with Crippen LogP contribution in [0.1, 0.15) is 11.1 Å². The van der Waals surface area contributed by atoms with Crippen LogP contribution in [0.3, 0.4) is 0 Å². The van der Waals surface area contributed by atoms with Gasteiger partial charge in [0.2, 0.25) is 0 Å². The van der Waals surface area contributed by atoms with Gasteiger partial charge in [-0.3, -0.25) is 0 Å². The maximum absolute atomic E-state index is 12.3. The third-order valence-electron chi connectivity index (χ3n) is 3.98. The second-order valence-electron chi connectivity index (χ2n) is 6.32. The van der Waals surface area contributed by atoms with Crippen LogP contribution in [0.15, 0.2) is 58.3 Å². The molecule has 142 valence electrons. The molecule has 0 saturated carbocycles.